The number of nitrogens with one attached hydrogen (secondary N) is 1. The van der Waals surface area contributed by atoms with Gasteiger partial charge in [0.25, 0.3) is 0 Å². The molecular weight excluding hydrogens is 321 g/mol. The lowest BCUT2D eigenvalue weighted by Gasteiger charge is -2.21. The number of aromatic hydroxyl groups is 1. The van der Waals surface area contributed by atoms with Gasteiger partial charge in [-0.2, -0.15) is 0 Å². The standard InChI is InChI=1S/C17H17Cl2NO2/c1-22-16-7-10-5-6-20-9-12(11(10)8-15(16)21)17-13(18)3-2-4-14(17)19/h2-4,7-8,12,20-21H,5-6,9H2,1H3. The molecule has 2 N–H and O–H groups in total. The largest absolute Gasteiger partial charge is 0.504 e. The molecule has 22 heavy (non-hydrogen) atoms. The van der Waals surface area contributed by atoms with Crippen LogP contribution >= 0.6 is 23.2 Å². The highest BCUT2D eigenvalue weighted by molar-refractivity contribution is 6.36. The number of phenolic OH excluding ortho intramolecular Hbond substituents is 1. The second-order valence-electron chi connectivity index (χ2n) is 5.36. The van der Waals surface area contributed by atoms with Gasteiger partial charge >= 0.3 is 0 Å². The van der Waals surface area contributed by atoms with Crippen LogP contribution in [-0.4, -0.2) is 25.3 Å². The minimum atomic E-state index is -0.00416. The monoisotopic (exact) mass is 337 g/mol. The van der Waals surface area contributed by atoms with E-state index in [1.54, 1.807) is 13.2 Å². The lowest BCUT2D eigenvalue weighted by Crippen LogP contribution is -2.21. The van der Waals surface area contributed by atoms with Crippen molar-refractivity contribution in [2.45, 2.75) is 12.3 Å². The number of rotatable bonds is 2. The number of hydrogen-bond donors (Lipinski definition) is 2. The molecule has 0 saturated heterocycles. The molecule has 2 aromatic carbocycles. The second-order valence-corrected chi connectivity index (χ2v) is 6.18. The maximum atomic E-state index is 10.2. The van der Waals surface area contributed by atoms with Crippen molar-refractivity contribution < 1.29 is 9.84 Å². The Hall–Kier alpha value is -1.42. The molecule has 0 amide bonds. The van der Waals surface area contributed by atoms with E-state index in [0.29, 0.717) is 15.8 Å². The van der Waals surface area contributed by atoms with Crippen molar-refractivity contribution in [3.05, 3.63) is 57.1 Å². The number of ether oxygens (including phenoxy) is 1. The summed E-state index contributed by atoms with van der Waals surface area (Å²) in [5.74, 6) is 0.622. The van der Waals surface area contributed by atoms with Crippen molar-refractivity contribution in [3.63, 3.8) is 0 Å². The van der Waals surface area contributed by atoms with Gasteiger partial charge in [0.15, 0.2) is 11.5 Å². The van der Waals surface area contributed by atoms with Gasteiger partial charge in [-0.25, -0.2) is 0 Å². The van der Waals surface area contributed by atoms with E-state index in [4.69, 9.17) is 27.9 Å². The summed E-state index contributed by atoms with van der Waals surface area (Å²) in [4.78, 5) is 0. The molecule has 5 heteroatoms. The first-order valence-corrected chi connectivity index (χ1v) is 7.91. The van der Waals surface area contributed by atoms with Crippen molar-refractivity contribution >= 4 is 23.2 Å². The molecule has 116 valence electrons. The molecule has 0 radical (unpaired) electrons. The maximum Gasteiger partial charge on any atom is 0.160 e. The van der Waals surface area contributed by atoms with Crippen LogP contribution in [0, 0.1) is 0 Å². The maximum absolute atomic E-state index is 10.2. The van der Waals surface area contributed by atoms with Crippen LogP contribution in [0.15, 0.2) is 30.3 Å². The Morgan fingerprint density at radius 2 is 1.95 bits per heavy atom. The summed E-state index contributed by atoms with van der Waals surface area (Å²) >= 11 is 12.8. The normalized spacial score (nSPS) is 17.7. The quantitative estimate of drug-likeness (QED) is 0.870. The van der Waals surface area contributed by atoms with E-state index in [9.17, 15) is 5.11 Å². The minimum absolute atomic E-state index is 0.00416. The van der Waals surface area contributed by atoms with Crippen LogP contribution in [-0.2, 0) is 6.42 Å². The fourth-order valence-corrected chi connectivity index (χ4v) is 3.67. The van der Waals surface area contributed by atoms with E-state index < -0.39 is 0 Å². The first-order valence-electron chi connectivity index (χ1n) is 7.16. The van der Waals surface area contributed by atoms with E-state index in [1.165, 1.54) is 0 Å². The van der Waals surface area contributed by atoms with Crippen LogP contribution in [0.2, 0.25) is 10.0 Å². The summed E-state index contributed by atoms with van der Waals surface area (Å²) in [6.45, 7) is 1.59. The van der Waals surface area contributed by atoms with Gasteiger partial charge in [-0.05, 0) is 53.9 Å². The summed E-state index contributed by atoms with van der Waals surface area (Å²) in [5.41, 5.74) is 3.07. The Morgan fingerprint density at radius 3 is 2.64 bits per heavy atom. The van der Waals surface area contributed by atoms with Crippen LogP contribution in [0.4, 0.5) is 0 Å². The average Bonchev–Trinajstić information content (AvgIpc) is 2.69. The molecular formula is C17H17Cl2NO2. The van der Waals surface area contributed by atoms with Crippen LogP contribution in [0.1, 0.15) is 22.6 Å². The highest BCUT2D eigenvalue weighted by Gasteiger charge is 2.25. The number of benzene rings is 2. The smallest absolute Gasteiger partial charge is 0.160 e. The van der Waals surface area contributed by atoms with Gasteiger partial charge in [0.2, 0.25) is 0 Å². The summed E-state index contributed by atoms with van der Waals surface area (Å²) in [6.07, 6.45) is 0.866. The van der Waals surface area contributed by atoms with Crippen molar-refractivity contribution in [1.29, 1.82) is 0 Å². The van der Waals surface area contributed by atoms with Crippen LogP contribution in [0.25, 0.3) is 0 Å². The van der Waals surface area contributed by atoms with Crippen molar-refractivity contribution in [1.82, 2.24) is 5.32 Å². The van der Waals surface area contributed by atoms with Crippen LogP contribution in [0.5, 0.6) is 11.5 Å². The number of methoxy groups -OCH3 is 1. The molecule has 1 heterocycles. The van der Waals surface area contributed by atoms with Gasteiger partial charge in [-0.15, -0.1) is 0 Å². The number of phenols is 1. The van der Waals surface area contributed by atoms with Gasteiger partial charge in [0.1, 0.15) is 0 Å². The molecule has 0 bridgehead atoms. The van der Waals surface area contributed by atoms with E-state index in [0.717, 1.165) is 36.2 Å². The molecule has 0 saturated carbocycles. The molecule has 3 rings (SSSR count). The molecule has 0 aromatic heterocycles. The summed E-state index contributed by atoms with van der Waals surface area (Å²) in [6, 6.07) is 9.19. The van der Waals surface area contributed by atoms with E-state index >= 15 is 0 Å². The molecule has 0 aliphatic carbocycles. The highest BCUT2D eigenvalue weighted by atomic mass is 35.5. The average molecular weight is 338 g/mol. The number of fused-ring (bicyclic) bond motifs is 1. The molecule has 0 fully saturated rings. The molecule has 1 unspecified atom stereocenters. The zero-order valence-electron chi connectivity index (χ0n) is 12.2. The number of hydrogen-bond acceptors (Lipinski definition) is 3. The Labute approximate surface area is 139 Å². The summed E-state index contributed by atoms with van der Waals surface area (Å²) < 4.78 is 5.22. The zero-order chi connectivity index (χ0) is 15.7. The first-order chi connectivity index (χ1) is 10.6. The highest BCUT2D eigenvalue weighted by Crippen LogP contribution is 2.41. The fraction of sp³-hybridized carbons (Fsp3) is 0.294. The Morgan fingerprint density at radius 1 is 1.23 bits per heavy atom. The summed E-state index contributed by atoms with van der Waals surface area (Å²) in [7, 11) is 1.55. The predicted octanol–water partition coefficient (Wildman–Crippen LogP) is 3.99. The number of halogens is 2. The topological polar surface area (TPSA) is 41.5 Å². The Kier molecular flexibility index (Phi) is 4.48. The summed E-state index contributed by atoms with van der Waals surface area (Å²) in [5, 5.41) is 14.8. The fourth-order valence-electron chi connectivity index (χ4n) is 3.01. The van der Waals surface area contributed by atoms with Crippen molar-refractivity contribution in [2.75, 3.05) is 20.2 Å². The van der Waals surface area contributed by atoms with Crippen LogP contribution < -0.4 is 10.1 Å². The van der Waals surface area contributed by atoms with Crippen molar-refractivity contribution in [2.24, 2.45) is 0 Å². The molecule has 1 atom stereocenters. The van der Waals surface area contributed by atoms with E-state index in [2.05, 4.69) is 5.32 Å². The third-order valence-electron chi connectivity index (χ3n) is 4.08. The lowest BCUT2D eigenvalue weighted by molar-refractivity contribution is 0.372. The second kappa shape index (κ2) is 6.37. The lowest BCUT2D eigenvalue weighted by atomic mass is 9.87. The van der Waals surface area contributed by atoms with Gasteiger partial charge in [-0.1, -0.05) is 29.3 Å². The van der Waals surface area contributed by atoms with Gasteiger partial charge in [0, 0.05) is 22.5 Å². The minimum Gasteiger partial charge on any atom is -0.504 e. The van der Waals surface area contributed by atoms with Crippen molar-refractivity contribution in [3.8, 4) is 11.5 Å². The van der Waals surface area contributed by atoms with E-state index in [1.807, 2.05) is 24.3 Å². The molecule has 3 nitrogen and oxygen atoms in total. The molecule has 0 spiro atoms. The Balaban J connectivity index is 2.17. The molecule has 1 aliphatic heterocycles. The molecule has 1 aliphatic rings. The predicted molar refractivity (Wildman–Crippen MR) is 89.5 cm³/mol. The first kappa shape index (κ1) is 15.5. The van der Waals surface area contributed by atoms with Gasteiger partial charge < -0.3 is 15.2 Å². The Bertz CT molecular complexity index is 683. The molecule has 2 aromatic rings. The van der Waals surface area contributed by atoms with E-state index in [-0.39, 0.29) is 11.7 Å². The zero-order valence-corrected chi connectivity index (χ0v) is 13.7. The van der Waals surface area contributed by atoms with Gasteiger partial charge in [-0.3, -0.25) is 0 Å². The SMILES string of the molecule is COc1cc2c(cc1O)C(c1c(Cl)cccc1Cl)CNCC2. The van der Waals surface area contributed by atoms with Crippen LogP contribution in [0.3, 0.4) is 0 Å². The third kappa shape index (κ3) is 2.76. The third-order valence-corrected chi connectivity index (χ3v) is 4.74. The van der Waals surface area contributed by atoms with Gasteiger partial charge in [0.05, 0.1) is 7.11 Å².